The maximum atomic E-state index is 9.57. The van der Waals surface area contributed by atoms with Crippen molar-refractivity contribution >= 4 is 0 Å². The number of benzene rings is 1. The van der Waals surface area contributed by atoms with E-state index in [2.05, 4.69) is 16.2 Å². The van der Waals surface area contributed by atoms with Crippen LogP contribution in [0.25, 0.3) is 0 Å². The minimum atomic E-state index is -0.170. The Kier molecular flexibility index (Phi) is 3.15. The van der Waals surface area contributed by atoms with E-state index in [9.17, 15) is 5.11 Å². The zero-order chi connectivity index (χ0) is 14.2. The molecular weight excluding hydrogens is 268 g/mol. The minimum Gasteiger partial charge on any atom is -0.482 e. The first-order valence-electron chi connectivity index (χ1n) is 7.56. The van der Waals surface area contributed by atoms with Crippen molar-refractivity contribution in [1.82, 2.24) is 10.1 Å². The number of aliphatic hydroxyl groups is 1. The lowest BCUT2D eigenvalue weighted by molar-refractivity contribution is 0.116. The third-order valence-electron chi connectivity index (χ3n) is 4.44. The van der Waals surface area contributed by atoms with Gasteiger partial charge in [0.25, 0.3) is 0 Å². The molecule has 0 spiro atoms. The number of hydrogen-bond acceptors (Lipinski definition) is 5. The molecule has 2 heterocycles. The molecule has 1 saturated carbocycles. The first-order chi connectivity index (χ1) is 10.3. The van der Waals surface area contributed by atoms with Crippen LogP contribution in [0.5, 0.6) is 5.75 Å². The number of rotatable bonds is 2. The van der Waals surface area contributed by atoms with Crippen LogP contribution in [0.3, 0.4) is 0 Å². The summed E-state index contributed by atoms with van der Waals surface area (Å²) in [5, 5.41) is 13.7. The lowest BCUT2D eigenvalue weighted by atomic mass is 9.87. The molecule has 0 radical (unpaired) electrons. The van der Waals surface area contributed by atoms with Crippen molar-refractivity contribution in [3.05, 3.63) is 41.5 Å². The van der Waals surface area contributed by atoms with Gasteiger partial charge in [-0.3, -0.25) is 0 Å². The Balaban J connectivity index is 1.49. The van der Waals surface area contributed by atoms with Gasteiger partial charge in [-0.15, -0.1) is 0 Å². The van der Waals surface area contributed by atoms with Gasteiger partial charge in [0.1, 0.15) is 5.75 Å². The van der Waals surface area contributed by atoms with Crippen molar-refractivity contribution in [2.75, 3.05) is 0 Å². The summed E-state index contributed by atoms with van der Waals surface area (Å²) in [5.41, 5.74) is 1.19. The van der Waals surface area contributed by atoms with Gasteiger partial charge >= 0.3 is 0 Å². The predicted octanol–water partition coefficient (Wildman–Crippen LogP) is 2.76. The quantitative estimate of drug-likeness (QED) is 0.919. The zero-order valence-corrected chi connectivity index (χ0v) is 11.7. The number of para-hydroxylation sites is 1. The molecule has 21 heavy (non-hydrogen) atoms. The molecule has 1 aromatic carbocycles. The van der Waals surface area contributed by atoms with Gasteiger partial charge in [-0.05, 0) is 37.3 Å². The van der Waals surface area contributed by atoms with Crippen molar-refractivity contribution in [3.63, 3.8) is 0 Å². The molecule has 1 atom stereocenters. The summed E-state index contributed by atoms with van der Waals surface area (Å²) in [4.78, 5) is 4.54. The predicted molar refractivity (Wildman–Crippen MR) is 75.0 cm³/mol. The molecule has 2 aromatic rings. The smallest absolute Gasteiger partial charge is 0.229 e. The van der Waals surface area contributed by atoms with Gasteiger partial charge in [0.15, 0.2) is 6.10 Å². The van der Waals surface area contributed by atoms with Crippen molar-refractivity contribution in [3.8, 4) is 5.75 Å². The summed E-state index contributed by atoms with van der Waals surface area (Å²) in [6.07, 6.45) is 3.92. The summed E-state index contributed by atoms with van der Waals surface area (Å²) in [7, 11) is 0. The number of aliphatic hydroxyl groups excluding tert-OH is 1. The van der Waals surface area contributed by atoms with Crippen LogP contribution in [-0.4, -0.2) is 21.4 Å². The number of aromatic nitrogens is 2. The highest BCUT2D eigenvalue weighted by Gasteiger charge is 2.31. The van der Waals surface area contributed by atoms with Gasteiger partial charge in [0, 0.05) is 12.3 Å². The van der Waals surface area contributed by atoms with Gasteiger partial charge in [-0.2, -0.15) is 4.98 Å². The monoisotopic (exact) mass is 286 g/mol. The van der Waals surface area contributed by atoms with Crippen LogP contribution in [-0.2, 0) is 6.42 Å². The van der Waals surface area contributed by atoms with Crippen LogP contribution >= 0.6 is 0 Å². The molecule has 1 aromatic heterocycles. The van der Waals surface area contributed by atoms with Crippen molar-refractivity contribution in [2.45, 2.75) is 50.2 Å². The fourth-order valence-corrected chi connectivity index (χ4v) is 3.19. The maximum Gasteiger partial charge on any atom is 0.229 e. The van der Waals surface area contributed by atoms with Gasteiger partial charge in [-0.25, -0.2) is 0 Å². The number of fused-ring (bicyclic) bond motifs is 1. The molecule has 2 aliphatic rings. The topological polar surface area (TPSA) is 68.4 Å². The molecule has 5 nitrogen and oxygen atoms in total. The van der Waals surface area contributed by atoms with Crippen LogP contribution < -0.4 is 4.74 Å². The summed E-state index contributed by atoms with van der Waals surface area (Å²) in [6, 6.07) is 8.02. The Labute approximate surface area is 122 Å². The largest absolute Gasteiger partial charge is 0.482 e. The van der Waals surface area contributed by atoms with Crippen molar-refractivity contribution in [2.24, 2.45) is 0 Å². The van der Waals surface area contributed by atoms with Crippen LogP contribution in [0.2, 0.25) is 0 Å². The first kappa shape index (κ1) is 12.8. The Morgan fingerprint density at radius 1 is 1.10 bits per heavy atom. The highest BCUT2D eigenvalue weighted by Crippen LogP contribution is 2.37. The molecule has 110 valence electrons. The Hall–Kier alpha value is -1.88. The molecule has 1 N–H and O–H groups in total. The number of ether oxygens (including phenoxy) is 1. The standard InChI is InChI=1S/C16H18N2O3/c19-12-7-5-10(6-8-12)16-17-15(18-21-16)14-9-11-3-1-2-4-13(11)20-14/h1-4,10,12,14,19H,5-9H2. The fourth-order valence-electron chi connectivity index (χ4n) is 3.19. The fraction of sp³-hybridized carbons (Fsp3) is 0.500. The van der Waals surface area contributed by atoms with Gasteiger partial charge in [-0.1, -0.05) is 23.4 Å². The first-order valence-corrected chi connectivity index (χ1v) is 7.56. The number of hydrogen-bond donors (Lipinski definition) is 1. The van der Waals surface area contributed by atoms with Crippen LogP contribution in [0, 0.1) is 0 Å². The molecule has 1 unspecified atom stereocenters. The SMILES string of the molecule is OC1CCC(c2nc(C3Cc4ccccc4O3)no2)CC1. The average molecular weight is 286 g/mol. The third-order valence-corrected chi connectivity index (χ3v) is 4.44. The van der Waals surface area contributed by atoms with E-state index in [1.54, 1.807) is 0 Å². The van der Waals surface area contributed by atoms with Gasteiger partial charge in [0.2, 0.25) is 11.7 Å². The molecule has 1 aliphatic carbocycles. The Morgan fingerprint density at radius 3 is 2.71 bits per heavy atom. The molecule has 1 aliphatic heterocycles. The second kappa shape index (κ2) is 5.15. The summed E-state index contributed by atoms with van der Waals surface area (Å²) in [6.45, 7) is 0. The van der Waals surface area contributed by atoms with Crippen molar-refractivity contribution < 1.29 is 14.4 Å². The van der Waals surface area contributed by atoms with E-state index in [4.69, 9.17) is 9.26 Å². The zero-order valence-electron chi connectivity index (χ0n) is 11.7. The van der Waals surface area contributed by atoms with E-state index in [1.165, 1.54) is 5.56 Å². The van der Waals surface area contributed by atoms with Crippen molar-refractivity contribution in [1.29, 1.82) is 0 Å². The molecule has 0 saturated heterocycles. The average Bonchev–Trinajstić information content (AvgIpc) is 3.14. The summed E-state index contributed by atoms with van der Waals surface area (Å²) < 4.78 is 11.3. The second-order valence-electron chi connectivity index (χ2n) is 5.91. The minimum absolute atomic E-state index is 0.144. The molecule has 0 bridgehead atoms. The molecule has 4 rings (SSSR count). The van der Waals surface area contributed by atoms with E-state index >= 15 is 0 Å². The van der Waals surface area contributed by atoms with Gasteiger partial charge in [0.05, 0.1) is 6.10 Å². The van der Waals surface area contributed by atoms with E-state index < -0.39 is 0 Å². The summed E-state index contributed by atoms with van der Waals surface area (Å²) in [5.74, 6) is 2.51. The third kappa shape index (κ3) is 2.42. The van der Waals surface area contributed by atoms with Crippen LogP contribution in [0.4, 0.5) is 0 Å². The number of nitrogens with zero attached hydrogens (tertiary/aromatic N) is 2. The van der Waals surface area contributed by atoms with Crippen LogP contribution in [0.15, 0.2) is 28.8 Å². The molecular formula is C16H18N2O3. The summed E-state index contributed by atoms with van der Waals surface area (Å²) >= 11 is 0. The van der Waals surface area contributed by atoms with E-state index in [0.717, 1.165) is 37.9 Å². The van der Waals surface area contributed by atoms with E-state index in [1.807, 2.05) is 18.2 Å². The lowest BCUT2D eigenvalue weighted by Gasteiger charge is -2.22. The van der Waals surface area contributed by atoms with Crippen LogP contribution in [0.1, 0.15) is 55.0 Å². The highest BCUT2D eigenvalue weighted by molar-refractivity contribution is 5.37. The normalized spacial score (nSPS) is 28.1. The maximum absolute atomic E-state index is 9.57. The lowest BCUT2D eigenvalue weighted by Crippen LogP contribution is -2.17. The van der Waals surface area contributed by atoms with Gasteiger partial charge < -0.3 is 14.4 Å². The van der Waals surface area contributed by atoms with E-state index in [-0.39, 0.29) is 18.1 Å². The molecule has 0 amide bonds. The molecule has 5 heteroatoms. The Bertz CT molecular complexity index is 607. The Morgan fingerprint density at radius 2 is 1.90 bits per heavy atom. The van der Waals surface area contributed by atoms with E-state index in [0.29, 0.717) is 11.7 Å². The highest BCUT2D eigenvalue weighted by atomic mass is 16.5. The second-order valence-corrected chi connectivity index (χ2v) is 5.91. The molecule has 1 fully saturated rings.